The van der Waals surface area contributed by atoms with Crippen LogP contribution >= 0.6 is 11.6 Å². The number of nitrogens with zero attached hydrogens (tertiary/aromatic N) is 1. The van der Waals surface area contributed by atoms with E-state index in [0.717, 1.165) is 37.4 Å². The summed E-state index contributed by atoms with van der Waals surface area (Å²) in [6, 6.07) is 8.13. The second-order valence-corrected chi connectivity index (χ2v) is 5.50. The first kappa shape index (κ1) is 12.9. The van der Waals surface area contributed by atoms with E-state index in [1.807, 2.05) is 12.1 Å². The smallest absolute Gasteiger partial charge is 0.0439 e. The molecule has 0 saturated carbocycles. The van der Waals surface area contributed by atoms with Gasteiger partial charge in [0.1, 0.15) is 0 Å². The van der Waals surface area contributed by atoms with Crippen LogP contribution in [0.25, 0.3) is 0 Å². The van der Waals surface area contributed by atoms with Gasteiger partial charge in [0.25, 0.3) is 0 Å². The predicted molar refractivity (Wildman–Crippen MR) is 71.6 cm³/mol. The zero-order valence-corrected chi connectivity index (χ0v) is 11.1. The molecule has 1 aliphatic rings. The van der Waals surface area contributed by atoms with E-state index in [4.69, 9.17) is 11.6 Å². The van der Waals surface area contributed by atoms with Gasteiger partial charge in [0.15, 0.2) is 0 Å². The third kappa shape index (κ3) is 2.82. The molecule has 0 aromatic heterocycles. The lowest BCUT2D eigenvalue weighted by molar-refractivity contribution is 0.149. The molecule has 1 N–H and O–H groups in total. The first-order valence-electron chi connectivity index (χ1n) is 6.22. The molecule has 1 saturated heterocycles. The largest absolute Gasteiger partial charge is 0.396 e. The van der Waals surface area contributed by atoms with Crippen LogP contribution in [0, 0.1) is 0 Å². The fourth-order valence-corrected chi connectivity index (χ4v) is 2.87. The Labute approximate surface area is 108 Å². The van der Waals surface area contributed by atoms with Crippen molar-refractivity contribution in [1.29, 1.82) is 0 Å². The summed E-state index contributed by atoms with van der Waals surface area (Å²) in [6.45, 7) is 2.46. The SMILES string of the molecule is CN1CCC(CCO)(c2ccc(Cl)cc2)CC1. The average Bonchev–Trinajstić information content (AvgIpc) is 2.34. The molecule has 1 aliphatic heterocycles. The number of benzene rings is 1. The Hall–Kier alpha value is -0.570. The number of halogens is 1. The van der Waals surface area contributed by atoms with Crippen LogP contribution in [0.15, 0.2) is 24.3 Å². The molecule has 1 fully saturated rings. The molecular formula is C14H20ClNO. The maximum absolute atomic E-state index is 9.33. The van der Waals surface area contributed by atoms with E-state index in [0.29, 0.717) is 0 Å². The molecule has 0 radical (unpaired) electrons. The van der Waals surface area contributed by atoms with Crippen LogP contribution in [-0.2, 0) is 5.41 Å². The Bertz CT molecular complexity index is 355. The van der Waals surface area contributed by atoms with Gasteiger partial charge in [-0.15, -0.1) is 0 Å². The van der Waals surface area contributed by atoms with Crippen molar-refractivity contribution in [1.82, 2.24) is 4.90 Å². The van der Waals surface area contributed by atoms with E-state index in [9.17, 15) is 5.11 Å². The van der Waals surface area contributed by atoms with Crippen LogP contribution in [0.4, 0.5) is 0 Å². The van der Waals surface area contributed by atoms with Gasteiger partial charge in [0.2, 0.25) is 0 Å². The quantitative estimate of drug-likeness (QED) is 0.895. The predicted octanol–water partition coefficient (Wildman–Crippen LogP) is 2.69. The third-order valence-electron chi connectivity index (χ3n) is 3.99. The molecule has 0 unspecified atom stereocenters. The first-order valence-corrected chi connectivity index (χ1v) is 6.59. The van der Waals surface area contributed by atoms with E-state index in [-0.39, 0.29) is 12.0 Å². The molecule has 2 rings (SSSR count). The number of piperidine rings is 1. The van der Waals surface area contributed by atoms with Gasteiger partial charge in [-0.3, -0.25) is 0 Å². The lowest BCUT2D eigenvalue weighted by Crippen LogP contribution is -2.41. The summed E-state index contributed by atoms with van der Waals surface area (Å²) in [5, 5.41) is 10.1. The minimum absolute atomic E-state index is 0.145. The zero-order chi connectivity index (χ0) is 12.3. The van der Waals surface area contributed by atoms with Crippen molar-refractivity contribution >= 4 is 11.6 Å². The van der Waals surface area contributed by atoms with Crippen molar-refractivity contribution in [2.75, 3.05) is 26.7 Å². The van der Waals surface area contributed by atoms with Gasteiger partial charge in [-0.1, -0.05) is 23.7 Å². The molecular weight excluding hydrogens is 234 g/mol. The van der Waals surface area contributed by atoms with E-state index >= 15 is 0 Å². The minimum atomic E-state index is 0.145. The van der Waals surface area contributed by atoms with E-state index in [1.54, 1.807) is 0 Å². The molecule has 0 aliphatic carbocycles. The van der Waals surface area contributed by atoms with Crippen molar-refractivity contribution < 1.29 is 5.11 Å². The molecule has 17 heavy (non-hydrogen) atoms. The fourth-order valence-electron chi connectivity index (χ4n) is 2.75. The van der Waals surface area contributed by atoms with Crippen LogP contribution in [0.5, 0.6) is 0 Å². The fraction of sp³-hybridized carbons (Fsp3) is 0.571. The Morgan fingerprint density at radius 1 is 1.24 bits per heavy atom. The molecule has 1 aromatic rings. The molecule has 0 bridgehead atoms. The summed E-state index contributed by atoms with van der Waals surface area (Å²) in [7, 11) is 2.16. The van der Waals surface area contributed by atoms with Crippen molar-refractivity contribution in [2.24, 2.45) is 0 Å². The van der Waals surface area contributed by atoms with Gasteiger partial charge in [-0.2, -0.15) is 0 Å². The lowest BCUT2D eigenvalue weighted by atomic mass is 9.71. The topological polar surface area (TPSA) is 23.5 Å². The Morgan fingerprint density at radius 2 is 1.82 bits per heavy atom. The zero-order valence-electron chi connectivity index (χ0n) is 10.3. The van der Waals surface area contributed by atoms with Gasteiger partial charge in [0.05, 0.1) is 0 Å². The van der Waals surface area contributed by atoms with Crippen LogP contribution < -0.4 is 0 Å². The Morgan fingerprint density at radius 3 is 2.35 bits per heavy atom. The van der Waals surface area contributed by atoms with E-state index in [2.05, 4.69) is 24.1 Å². The molecule has 0 atom stereocenters. The summed E-state index contributed by atoms with van der Waals surface area (Å²) < 4.78 is 0. The third-order valence-corrected chi connectivity index (χ3v) is 4.24. The highest BCUT2D eigenvalue weighted by molar-refractivity contribution is 6.30. The summed E-state index contributed by atoms with van der Waals surface area (Å²) in [5.74, 6) is 0. The molecule has 0 spiro atoms. The van der Waals surface area contributed by atoms with Gasteiger partial charge >= 0.3 is 0 Å². The molecule has 1 heterocycles. The van der Waals surface area contributed by atoms with E-state index in [1.165, 1.54) is 5.56 Å². The number of hydrogen-bond acceptors (Lipinski definition) is 2. The van der Waals surface area contributed by atoms with Crippen molar-refractivity contribution in [3.05, 3.63) is 34.9 Å². The van der Waals surface area contributed by atoms with Gasteiger partial charge < -0.3 is 10.0 Å². The molecule has 1 aromatic carbocycles. The second kappa shape index (κ2) is 5.38. The lowest BCUT2D eigenvalue weighted by Gasteiger charge is -2.41. The number of aliphatic hydroxyl groups excluding tert-OH is 1. The monoisotopic (exact) mass is 253 g/mol. The second-order valence-electron chi connectivity index (χ2n) is 5.06. The summed E-state index contributed by atoms with van der Waals surface area (Å²) in [5.41, 5.74) is 1.47. The van der Waals surface area contributed by atoms with Crippen molar-refractivity contribution in [3.8, 4) is 0 Å². The normalized spacial score (nSPS) is 20.4. The van der Waals surface area contributed by atoms with Crippen molar-refractivity contribution in [2.45, 2.75) is 24.7 Å². The van der Waals surface area contributed by atoms with Gasteiger partial charge in [-0.05, 0) is 62.5 Å². The molecule has 3 heteroatoms. The highest BCUT2D eigenvalue weighted by Crippen LogP contribution is 2.38. The standard InChI is InChI=1S/C14H20ClNO/c1-16-9-6-14(7-10-16,8-11-17)12-2-4-13(15)5-3-12/h2-5,17H,6-11H2,1H3. The van der Waals surface area contributed by atoms with Crippen LogP contribution in [0.1, 0.15) is 24.8 Å². The van der Waals surface area contributed by atoms with Crippen LogP contribution in [-0.4, -0.2) is 36.8 Å². The van der Waals surface area contributed by atoms with Gasteiger partial charge in [-0.25, -0.2) is 0 Å². The number of aliphatic hydroxyl groups is 1. The Balaban J connectivity index is 2.24. The summed E-state index contributed by atoms with van der Waals surface area (Å²) in [6.07, 6.45) is 3.08. The van der Waals surface area contributed by atoms with Crippen LogP contribution in [0.3, 0.4) is 0 Å². The number of rotatable bonds is 3. The van der Waals surface area contributed by atoms with Gasteiger partial charge in [0, 0.05) is 11.6 Å². The summed E-state index contributed by atoms with van der Waals surface area (Å²) in [4.78, 5) is 2.35. The molecule has 94 valence electrons. The van der Waals surface area contributed by atoms with Crippen LogP contribution in [0.2, 0.25) is 5.02 Å². The van der Waals surface area contributed by atoms with E-state index < -0.39 is 0 Å². The number of hydrogen-bond donors (Lipinski definition) is 1. The maximum Gasteiger partial charge on any atom is 0.0439 e. The molecule has 0 amide bonds. The Kier molecular flexibility index (Phi) is 4.08. The summed E-state index contributed by atoms with van der Waals surface area (Å²) >= 11 is 5.94. The maximum atomic E-state index is 9.33. The minimum Gasteiger partial charge on any atom is -0.396 e. The first-order chi connectivity index (χ1) is 8.16. The highest BCUT2D eigenvalue weighted by atomic mass is 35.5. The number of likely N-dealkylation sites (tertiary alicyclic amines) is 1. The molecule has 2 nitrogen and oxygen atoms in total. The highest BCUT2D eigenvalue weighted by Gasteiger charge is 2.34. The average molecular weight is 254 g/mol. The van der Waals surface area contributed by atoms with Crippen molar-refractivity contribution in [3.63, 3.8) is 0 Å².